The van der Waals surface area contributed by atoms with Crippen LogP contribution in [0.3, 0.4) is 0 Å². The van der Waals surface area contributed by atoms with Crippen LogP contribution in [0.25, 0.3) is 0 Å². The van der Waals surface area contributed by atoms with E-state index in [-0.39, 0.29) is 30.5 Å². The second-order valence-corrected chi connectivity index (χ2v) is 9.77. The Kier molecular flexibility index (Phi) is 7.16. The molecule has 2 aromatic rings. The van der Waals surface area contributed by atoms with Crippen LogP contribution < -0.4 is 4.74 Å². The molecule has 1 aromatic carbocycles. The summed E-state index contributed by atoms with van der Waals surface area (Å²) in [5.41, 5.74) is 3.44. The number of rotatable bonds is 7. The van der Waals surface area contributed by atoms with Crippen LogP contribution in [0, 0.1) is 13.8 Å². The Morgan fingerprint density at radius 2 is 2.12 bits per heavy atom. The molecule has 2 amide bonds. The molecule has 172 valence electrons. The number of carbonyl (C=O) groups is 2. The van der Waals surface area contributed by atoms with Crippen molar-refractivity contribution in [2.75, 3.05) is 32.8 Å². The molecule has 1 aromatic heterocycles. The Balaban J connectivity index is 1.48. The quantitative estimate of drug-likeness (QED) is 0.634. The molecule has 0 radical (unpaired) electrons. The highest BCUT2D eigenvalue weighted by Gasteiger charge is 2.34. The minimum atomic E-state index is -0.158. The fourth-order valence-electron chi connectivity index (χ4n) is 4.60. The Hall–Kier alpha value is -2.38. The van der Waals surface area contributed by atoms with E-state index < -0.39 is 0 Å². The normalized spacial score (nSPS) is 20.2. The van der Waals surface area contributed by atoms with Gasteiger partial charge in [0.05, 0.1) is 18.7 Å². The molecule has 1 fully saturated rings. The standard InChI is InChI=1S/C25H32N2O4S/c1-17-6-7-23(18(2)13-17)31-16-22-21-9-12-32-24(21)8-10-27(22)25(29)15-26(19(3)28)14-20-5-4-11-30-20/h6-7,9,12-13,20,22H,4-5,8,10-11,14-16H2,1-3H3/t20-,22-/m1/s1. The SMILES string of the molecule is CC(=O)N(CC(=O)N1CCc2sccc2[C@H]1COc1ccc(C)cc1C)C[C@H]1CCCO1. The molecule has 0 unspecified atom stereocenters. The van der Waals surface area contributed by atoms with Crippen LogP contribution >= 0.6 is 11.3 Å². The number of fused-ring (bicyclic) bond motifs is 1. The van der Waals surface area contributed by atoms with Crippen LogP contribution in [-0.4, -0.2) is 60.6 Å². The van der Waals surface area contributed by atoms with Gasteiger partial charge in [0.15, 0.2) is 0 Å². The van der Waals surface area contributed by atoms with Gasteiger partial charge in [-0.1, -0.05) is 17.7 Å². The van der Waals surface area contributed by atoms with E-state index in [1.165, 1.54) is 17.4 Å². The number of aryl methyl sites for hydroxylation is 2. The van der Waals surface area contributed by atoms with E-state index in [1.54, 1.807) is 16.2 Å². The Bertz CT molecular complexity index is 967. The maximum absolute atomic E-state index is 13.4. The summed E-state index contributed by atoms with van der Waals surface area (Å²) in [4.78, 5) is 30.5. The molecule has 0 bridgehead atoms. The number of ether oxygens (including phenoxy) is 2. The molecule has 32 heavy (non-hydrogen) atoms. The summed E-state index contributed by atoms with van der Waals surface area (Å²) in [5, 5.41) is 2.09. The van der Waals surface area contributed by atoms with E-state index >= 15 is 0 Å². The molecule has 0 spiro atoms. The van der Waals surface area contributed by atoms with E-state index in [0.29, 0.717) is 19.7 Å². The van der Waals surface area contributed by atoms with Gasteiger partial charge in [0, 0.05) is 31.5 Å². The number of thiophene rings is 1. The van der Waals surface area contributed by atoms with Crippen LogP contribution in [0.4, 0.5) is 0 Å². The number of amides is 2. The van der Waals surface area contributed by atoms with Crippen molar-refractivity contribution in [1.29, 1.82) is 0 Å². The highest BCUT2D eigenvalue weighted by atomic mass is 32.1. The lowest BCUT2D eigenvalue weighted by atomic mass is 10.00. The third-order valence-corrected chi connectivity index (χ3v) is 7.36. The van der Waals surface area contributed by atoms with E-state index in [2.05, 4.69) is 24.4 Å². The van der Waals surface area contributed by atoms with Gasteiger partial charge in [-0.3, -0.25) is 9.59 Å². The van der Waals surface area contributed by atoms with Crippen LogP contribution in [-0.2, 0) is 20.7 Å². The van der Waals surface area contributed by atoms with Gasteiger partial charge in [0.1, 0.15) is 12.4 Å². The van der Waals surface area contributed by atoms with Gasteiger partial charge in [-0.05, 0) is 61.7 Å². The van der Waals surface area contributed by atoms with Crippen LogP contribution in [0.5, 0.6) is 5.75 Å². The summed E-state index contributed by atoms with van der Waals surface area (Å²) < 4.78 is 11.9. The van der Waals surface area contributed by atoms with Gasteiger partial charge < -0.3 is 19.3 Å². The Morgan fingerprint density at radius 1 is 1.28 bits per heavy atom. The first kappa shape index (κ1) is 22.8. The lowest BCUT2D eigenvalue weighted by molar-refractivity contribution is -0.142. The molecular weight excluding hydrogens is 424 g/mol. The summed E-state index contributed by atoms with van der Waals surface area (Å²) in [6.45, 7) is 7.94. The molecule has 7 heteroatoms. The number of carbonyl (C=O) groups excluding carboxylic acids is 2. The molecule has 4 rings (SSSR count). The van der Waals surface area contributed by atoms with E-state index in [9.17, 15) is 9.59 Å². The molecule has 6 nitrogen and oxygen atoms in total. The van der Waals surface area contributed by atoms with Gasteiger partial charge in [-0.2, -0.15) is 0 Å². The first-order chi connectivity index (χ1) is 15.4. The number of hydrogen-bond acceptors (Lipinski definition) is 5. The molecule has 2 atom stereocenters. The first-order valence-corrected chi connectivity index (χ1v) is 12.2. The highest BCUT2D eigenvalue weighted by Crippen LogP contribution is 2.34. The fourth-order valence-corrected chi connectivity index (χ4v) is 5.53. The van der Waals surface area contributed by atoms with Crippen molar-refractivity contribution >= 4 is 23.2 Å². The van der Waals surface area contributed by atoms with E-state index in [0.717, 1.165) is 42.7 Å². The molecule has 0 N–H and O–H groups in total. The van der Waals surface area contributed by atoms with E-state index in [1.807, 2.05) is 24.0 Å². The summed E-state index contributed by atoms with van der Waals surface area (Å²) in [6, 6.07) is 8.08. The number of nitrogens with zero attached hydrogens (tertiary/aromatic N) is 2. The second-order valence-electron chi connectivity index (χ2n) is 8.77. The third-order valence-electron chi connectivity index (χ3n) is 6.36. The van der Waals surface area contributed by atoms with Gasteiger partial charge in [0.25, 0.3) is 0 Å². The van der Waals surface area contributed by atoms with Crippen molar-refractivity contribution in [2.45, 2.75) is 52.2 Å². The highest BCUT2D eigenvalue weighted by molar-refractivity contribution is 7.10. The summed E-state index contributed by atoms with van der Waals surface area (Å²) in [7, 11) is 0. The number of hydrogen-bond donors (Lipinski definition) is 0. The minimum absolute atomic E-state index is 0.0279. The average Bonchev–Trinajstić information content (AvgIpc) is 3.44. The van der Waals surface area contributed by atoms with Crippen molar-refractivity contribution in [1.82, 2.24) is 9.80 Å². The average molecular weight is 457 g/mol. The molecule has 0 aliphatic carbocycles. The van der Waals surface area contributed by atoms with Crippen LogP contribution in [0.15, 0.2) is 29.6 Å². The molecule has 3 heterocycles. The van der Waals surface area contributed by atoms with Crippen molar-refractivity contribution in [3.63, 3.8) is 0 Å². The predicted molar refractivity (Wildman–Crippen MR) is 125 cm³/mol. The van der Waals surface area contributed by atoms with Gasteiger partial charge >= 0.3 is 0 Å². The molecule has 0 saturated carbocycles. The van der Waals surface area contributed by atoms with Crippen molar-refractivity contribution in [3.05, 3.63) is 51.2 Å². The Labute approximate surface area is 194 Å². The molecular formula is C25H32N2O4S. The van der Waals surface area contributed by atoms with Gasteiger partial charge in [-0.25, -0.2) is 0 Å². The second kappa shape index (κ2) is 10.0. The zero-order valence-corrected chi connectivity index (χ0v) is 20.0. The lowest BCUT2D eigenvalue weighted by Gasteiger charge is -2.37. The van der Waals surface area contributed by atoms with Gasteiger partial charge in [-0.15, -0.1) is 11.3 Å². The van der Waals surface area contributed by atoms with Crippen LogP contribution in [0.2, 0.25) is 0 Å². The lowest BCUT2D eigenvalue weighted by Crippen LogP contribution is -2.48. The summed E-state index contributed by atoms with van der Waals surface area (Å²) in [6.07, 6.45) is 2.81. The van der Waals surface area contributed by atoms with Gasteiger partial charge in [0.2, 0.25) is 11.8 Å². The summed E-state index contributed by atoms with van der Waals surface area (Å²) in [5.74, 6) is 0.712. The van der Waals surface area contributed by atoms with Crippen molar-refractivity contribution < 1.29 is 19.1 Å². The summed E-state index contributed by atoms with van der Waals surface area (Å²) >= 11 is 1.74. The molecule has 1 saturated heterocycles. The molecule has 2 aliphatic rings. The van der Waals surface area contributed by atoms with E-state index in [4.69, 9.17) is 9.47 Å². The maximum Gasteiger partial charge on any atom is 0.242 e. The topological polar surface area (TPSA) is 59.1 Å². The third kappa shape index (κ3) is 5.15. The maximum atomic E-state index is 13.4. The smallest absolute Gasteiger partial charge is 0.242 e. The van der Waals surface area contributed by atoms with Crippen molar-refractivity contribution in [2.24, 2.45) is 0 Å². The zero-order chi connectivity index (χ0) is 22.7. The largest absolute Gasteiger partial charge is 0.491 e. The zero-order valence-electron chi connectivity index (χ0n) is 19.1. The fraction of sp³-hybridized carbons (Fsp3) is 0.520. The first-order valence-electron chi connectivity index (χ1n) is 11.3. The Morgan fingerprint density at radius 3 is 2.84 bits per heavy atom. The number of benzene rings is 1. The molecule has 2 aliphatic heterocycles. The minimum Gasteiger partial charge on any atom is -0.491 e. The van der Waals surface area contributed by atoms with Crippen LogP contribution in [0.1, 0.15) is 47.4 Å². The monoisotopic (exact) mass is 456 g/mol. The predicted octanol–water partition coefficient (Wildman–Crippen LogP) is 3.90. The van der Waals surface area contributed by atoms with Crippen molar-refractivity contribution in [3.8, 4) is 5.75 Å².